The van der Waals surface area contributed by atoms with Crippen molar-refractivity contribution in [2.45, 2.75) is 75.9 Å². The van der Waals surface area contributed by atoms with E-state index in [1.54, 1.807) is 0 Å². The summed E-state index contributed by atoms with van der Waals surface area (Å²) in [5, 5.41) is 6.21. The Morgan fingerprint density at radius 2 is 2.03 bits per heavy atom. The molecule has 1 aromatic heterocycles. The van der Waals surface area contributed by atoms with Gasteiger partial charge in [-0.25, -0.2) is 4.79 Å². The molecule has 0 aliphatic heterocycles. The van der Waals surface area contributed by atoms with Crippen LogP contribution in [0.3, 0.4) is 0 Å². The summed E-state index contributed by atoms with van der Waals surface area (Å²) in [6, 6.07) is 7.57. The lowest BCUT2D eigenvalue weighted by Gasteiger charge is -2.18. The van der Waals surface area contributed by atoms with E-state index in [2.05, 4.69) is 24.5 Å². The molecule has 3 rings (SSSR count). The number of esters is 1. The molecule has 1 heterocycles. The van der Waals surface area contributed by atoms with E-state index in [9.17, 15) is 14.4 Å². The Bertz CT molecular complexity index is 1030. The molecule has 2 unspecified atom stereocenters. The van der Waals surface area contributed by atoms with Crippen LogP contribution in [-0.2, 0) is 27.2 Å². The third-order valence-corrected chi connectivity index (χ3v) is 8.48. The molecule has 0 saturated heterocycles. The molecule has 0 saturated carbocycles. The highest BCUT2D eigenvalue weighted by Crippen LogP contribution is 2.40. The lowest BCUT2D eigenvalue weighted by atomic mass is 9.88. The molecule has 2 N–H and O–H groups in total. The van der Waals surface area contributed by atoms with Gasteiger partial charge in [-0.05, 0) is 61.8 Å². The van der Waals surface area contributed by atoms with Crippen LogP contribution in [0.15, 0.2) is 29.2 Å². The van der Waals surface area contributed by atoms with Crippen LogP contribution >= 0.6 is 23.1 Å². The Hall–Kier alpha value is -2.32. The lowest BCUT2D eigenvalue weighted by molar-refractivity contribution is -0.116. The van der Waals surface area contributed by atoms with Crippen molar-refractivity contribution in [1.29, 1.82) is 0 Å². The fourth-order valence-electron chi connectivity index (χ4n) is 4.04. The smallest absolute Gasteiger partial charge is 0.341 e. The summed E-state index contributed by atoms with van der Waals surface area (Å²) in [5.41, 5.74) is 2.27. The quantitative estimate of drug-likeness (QED) is 0.294. The minimum absolute atomic E-state index is 0.0000971. The number of hydrogen-bond donors (Lipinski definition) is 2. The molecule has 34 heavy (non-hydrogen) atoms. The third kappa shape index (κ3) is 6.63. The van der Waals surface area contributed by atoms with E-state index in [0.717, 1.165) is 48.3 Å². The van der Waals surface area contributed by atoms with E-state index in [0.29, 0.717) is 29.3 Å². The molecule has 8 heteroatoms. The van der Waals surface area contributed by atoms with Gasteiger partial charge in [0.1, 0.15) is 5.00 Å². The average Bonchev–Trinajstić information content (AvgIpc) is 3.17. The Kier molecular flexibility index (Phi) is 9.59. The summed E-state index contributed by atoms with van der Waals surface area (Å²) in [6.45, 7) is 6.24. The standard InChI is InChI=1S/C26H34N2O4S2/c1-5-7-11-22(29)27-17-9-8-10-18(15-17)33-20(6-2)24(30)28-25-23(26(31)32-4)19-13-12-16(3)14-21(19)34-25/h8-10,15-16,20H,5-7,11-14H2,1-4H3,(H,27,29)(H,28,30). The van der Waals surface area contributed by atoms with Crippen LogP contribution in [0.4, 0.5) is 10.7 Å². The van der Waals surface area contributed by atoms with Crippen LogP contribution in [0.1, 0.15) is 73.7 Å². The van der Waals surface area contributed by atoms with Gasteiger partial charge in [-0.2, -0.15) is 0 Å². The van der Waals surface area contributed by atoms with Crippen molar-refractivity contribution in [2.75, 3.05) is 17.7 Å². The predicted octanol–water partition coefficient (Wildman–Crippen LogP) is 6.30. The molecule has 0 spiro atoms. The number of benzene rings is 1. The number of carbonyl (C=O) groups excluding carboxylic acids is 3. The zero-order chi connectivity index (χ0) is 24.7. The fraction of sp³-hybridized carbons (Fsp3) is 0.500. The van der Waals surface area contributed by atoms with Crippen LogP contribution in [-0.4, -0.2) is 30.1 Å². The lowest BCUT2D eigenvalue weighted by Crippen LogP contribution is -2.25. The van der Waals surface area contributed by atoms with Gasteiger partial charge in [0.25, 0.3) is 0 Å². The number of rotatable bonds is 10. The number of hydrogen-bond acceptors (Lipinski definition) is 6. The Balaban J connectivity index is 1.73. The molecule has 1 aromatic carbocycles. The number of ether oxygens (including phenoxy) is 1. The summed E-state index contributed by atoms with van der Waals surface area (Å²) in [7, 11) is 1.38. The topological polar surface area (TPSA) is 84.5 Å². The van der Waals surface area contributed by atoms with Gasteiger partial charge in [0, 0.05) is 21.9 Å². The average molecular weight is 503 g/mol. The second-order valence-corrected chi connectivity index (χ2v) is 11.1. The van der Waals surface area contributed by atoms with Gasteiger partial charge >= 0.3 is 5.97 Å². The number of thiophene rings is 1. The summed E-state index contributed by atoms with van der Waals surface area (Å²) in [6.07, 6.45) is 5.73. The SMILES string of the molecule is CCCCC(=O)Nc1cccc(SC(CC)C(=O)Nc2sc3c(c2C(=O)OC)CCC(C)C3)c1. The number of amides is 2. The maximum Gasteiger partial charge on any atom is 0.341 e. The maximum absolute atomic E-state index is 13.2. The highest BCUT2D eigenvalue weighted by molar-refractivity contribution is 8.00. The predicted molar refractivity (Wildman–Crippen MR) is 140 cm³/mol. The molecule has 2 amide bonds. The first-order chi connectivity index (χ1) is 16.4. The van der Waals surface area contributed by atoms with Crippen LogP contribution in [0.5, 0.6) is 0 Å². The van der Waals surface area contributed by atoms with Crippen molar-refractivity contribution in [3.05, 3.63) is 40.3 Å². The number of nitrogens with one attached hydrogen (secondary N) is 2. The van der Waals surface area contributed by atoms with E-state index in [-0.39, 0.29) is 17.1 Å². The Morgan fingerprint density at radius 3 is 2.74 bits per heavy atom. The fourth-order valence-corrected chi connectivity index (χ4v) is 6.46. The van der Waals surface area contributed by atoms with Crippen LogP contribution < -0.4 is 10.6 Å². The van der Waals surface area contributed by atoms with Crippen molar-refractivity contribution in [3.8, 4) is 0 Å². The maximum atomic E-state index is 13.2. The number of carbonyl (C=O) groups is 3. The van der Waals surface area contributed by atoms with E-state index >= 15 is 0 Å². The summed E-state index contributed by atoms with van der Waals surface area (Å²) in [4.78, 5) is 39.9. The number of unbranched alkanes of at least 4 members (excludes halogenated alkanes) is 1. The van der Waals surface area contributed by atoms with Gasteiger partial charge < -0.3 is 15.4 Å². The number of anilines is 2. The van der Waals surface area contributed by atoms with Crippen molar-refractivity contribution < 1.29 is 19.1 Å². The first kappa shape index (κ1) is 26.3. The summed E-state index contributed by atoms with van der Waals surface area (Å²) < 4.78 is 5.04. The Labute approximate surface area is 210 Å². The van der Waals surface area contributed by atoms with Crippen LogP contribution in [0.2, 0.25) is 0 Å². The number of methoxy groups -OCH3 is 1. The third-order valence-electron chi connectivity index (χ3n) is 5.95. The van der Waals surface area contributed by atoms with Crippen LogP contribution in [0, 0.1) is 5.92 Å². The van der Waals surface area contributed by atoms with Gasteiger partial charge in [-0.1, -0.05) is 33.3 Å². The molecule has 2 aromatic rings. The molecule has 6 nitrogen and oxygen atoms in total. The minimum Gasteiger partial charge on any atom is -0.465 e. The van der Waals surface area contributed by atoms with Crippen molar-refractivity contribution in [3.63, 3.8) is 0 Å². The first-order valence-electron chi connectivity index (χ1n) is 12.0. The molecule has 2 atom stereocenters. The monoisotopic (exact) mass is 502 g/mol. The molecule has 0 bridgehead atoms. The summed E-state index contributed by atoms with van der Waals surface area (Å²) >= 11 is 2.95. The molecule has 1 aliphatic carbocycles. The van der Waals surface area contributed by atoms with E-state index < -0.39 is 5.97 Å². The van der Waals surface area contributed by atoms with E-state index in [1.807, 2.05) is 31.2 Å². The molecular weight excluding hydrogens is 468 g/mol. The van der Waals surface area contributed by atoms with Crippen LogP contribution in [0.25, 0.3) is 0 Å². The zero-order valence-electron chi connectivity index (χ0n) is 20.4. The first-order valence-corrected chi connectivity index (χ1v) is 13.7. The minimum atomic E-state index is -0.394. The van der Waals surface area contributed by atoms with Gasteiger partial charge in [0.05, 0.1) is 17.9 Å². The Morgan fingerprint density at radius 1 is 1.24 bits per heavy atom. The molecule has 0 radical (unpaired) electrons. The summed E-state index contributed by atoms with van der Waals surface area (Å²) in [5.74, 6) is 0.0326. The van der Waals surface area contributed by atoms with Gasteiger partial charge in [-0.15, -0.1) is 23.1 Å². The van der Waals surface area contributed by atoms with Gasteiger partial charge in [0.15, 0.2) is 0 Å². The second-order valence-electron chi connectivity index (χ2n) is 8.73. The molecular formula is C26H34N2O4S2. The molecule has 184 valence electrons. The second kappa shape index (κ2) is 12.4. The van der Waals surface area contributed by atoms with Crippen molar-refractivity contribution >= 4 is 51.6 Å². The van der Waals surface area contributed by atoms with Crippen molar-refractivity contribution in [2.24, 2.45) is 5.92 Å². The van der Waals surface area contributed by atoms with Gasteiger partial charge in [-0.3, -0.25) is 9.59 Å². The highest BCUT2D eigenvalue weighted by atomic mass is 32.2. The molecule has 1 aliphatic rings. The van der Waals surface area contributed by atoms with Gasteiger partial charge in [0.2, 0.25) is 11.8 Å². The number of thioether (sulfide) groups is 1. The normalized spacial score (nSPS) is 15.8. The van der Waals surface area contributed by atoms with E-state index in [1.165, 1.54) is 35.1 Å². The largest absolute Gasteiger partial charge is 0.465 e. The van der Waals surface area contributed by atoms with E-state index in [4.69, 9.17) is 4.74 Å². The molecule has 0 fully saturated rings. The zero-order valence-corrected chi connectivity index (χ0v) is 22.0. The number of fused-ring (bicyclic) bond motifs is 1. The van der Waals surface area contributed by atoms with Crippen molar-refractivity contribution in [1.82, 2.24) is 0 Å². The highest BCUT2D eigenvalue weighted by Gasteiger charge is 2.30.